The predicted octanol–water partition coefficient (Wildman–Crippen LogP) is 1.97. The van der Waals surface area contributed by atoms with Crippen molar-refractivity contribution >= 4 is 11.3 Å². The lowest BCUT2D eigenvalue weighted by atomic mass is 10.2. The molecule has 2 aromatic heterocycles. The number of hydrogen-bond acceptors (Lipinski definition) is 5. The first-order chi connectivity index (χ1) is 9.33. The fourth-order valence-electron chi connectivity index (χ4n) is 1.78. The Balaban J connectivity index is 1.78. The van der Waals surface area contributed by atoms with Crippen LogP contribution in [0.4, 0.5) is 0 Å². The summed E-state index contributed by atoms with van der Waals surface area (Å²) in [5, 5.41) is 11.6. The standard InChI is InChI=1S/C13H13N5S/c14-11(8-13-15-6-7-19-13)12-9-16-18(17-12)10-4-2-1-3-5-10/h1-7,9,11H,8,14H2. The number of nitrogens with zero attached hydrogens (tertiary/aromatic N) is 4. The van der Waals surface area contributed by atoms with Gasteiger partial charge in [0.1, 0.15) is 5.69 Å². The maximum atomic E-state index is 6.13. The molecule has 6 heteroatoms. The molecule has 1 unspecified atom stereocenters. The maximum absolute atomic E-state index is 6.13. The Hall–Kier alpha value is -2.05. The van der Waals surface area contributed by atoms with Crippen molar-refractivity contribution < 1.29 is 0 Å². The molecule has 0 fully saturated rings. The van der Waals surface area contributed by atoms with Gasteiger partial charge in [-0.2, -0.15) is 15.0 Å². The van der Waals surface area contributed by atoms with E-state index in [-0.39, 0.29) is 6.04 Å². The Labute approximate surface area is 114 Å². The summed E-state index contributed by atoms with van der Waals surface area (Å²) in [7, 11) is 0. The minimum Gasteiger partial charge on any atom is -0.322 e. The Bertz CT molecular complexity index is 632. The summed E-state index contributed by atoms with van der Waals surface area (Å²) >= 11 is 1.60. The molecule has 1 aromatic carbocycles. The SMILES string of the molecule is NC(Cc1nccs1)c1cnn(-c2ccccc2)n1. The summed E-state index contributed by atoms with van der Waals surface area (Å²) < 4.78 is 0. The monoisotopic (exact) mass is 271 g/mol. The van der Waals surface area contributed by atoms with Gasteiger partial charge in [-0.15, -0.1) is 11.3 Å². The van der Waals surface area contributed by atoms with Crippen LogP contribution in [0.15, 0.2) is 48.1 Å². The number of hydrogen-bond donors (Lipinski definition) is 1. The van der Waals surface area contributed by atoms with Crippen molar-refractivity contribution in [2.24, 2.45) is 5.73 Å². The van der Waals surface area contributed by atoms with Crippen LogP contribution in [0.25, 0.3) is 5.69 Å². The van der Waals surface area contributed by atoms with Gasteiger partial charge in [0.05, 0.1) is 22.9 Å². The van der Waals surface area contributed by atoms with E-state index in [0.717, 1.165) is 16.4 Å². The fourth-order valence-corrected chi connectivity index (χ4v) is 2.45. The van der Waals surface area contributed by atoms with Gasteiger partial charge in [0, 0.05) is 18.0 Å². The van der Waals surface area contributed by atoms with Gasteiger partial charge in [0.2, 0.25) is 0 Å². The lowest BCUT2D eigenvalue weighted by molar-refractivity contribution is 0.664. The van der Waals surface area contributed by atoms with E-state index in [1.165, 1.54) is 0 Å². The van der Waals surface area contributed by atoms with Crippen LogP contribution in [0.1, 0.15) is 16.7 Å². The zero-order valence-corrected chi connectivity index (χ0v) is 11.0. The van der Waals surface area contributed by atoms with E-state index < -0.39 is 0 Å². The zero-order chi connectivity index (χ0) is 13.1. The van der Waals surface area contributed by atoms with E-state index in [9.17, 15) is 0 Å². The average molecular weight is 271 g/mol. The number of aromatic nitrogens is 4. The Morgan fingerprint density at radius 2 is 2.11 bits per heavy atom. The van der Waals surface area contributed by atoms with Gasteiger partial charge in [-0.1, -0.05) is 18.2 Å². The second-order valence-corrected chi connectivity index (χ2v) is 5.11. The van der Waals surface area contributed by atoms with Gasteiger partial charge in [0.25, 0.3) is 0 Å². The molecule has 0 aliphatic carbocycles. The van der Waals surface area contributed by atoms with E-state index in [4.69, 9.17) is 5.73 Å². The van der Waals surface area contributed by atoms with E-state index in [2.05, 4.69) is 15.2 Å². The van der Waals surface area contributed by atoms with Crippen LogP contribution >= 0.6 is 11.3 Å². The number of nitrogens with two attached hydrogens (primary N) is 1. The van der Waals surface area contributed by atoms with Crippen LogP contribution in [0.5, 0.6) is 0 Å². The average Bonchev–Trinajstić information content (AvgIpc) is 3.10. The topological polar surface area (TPSA) is 69.6 Å². The van der Waals surface area contributed by atoms with Crippen LogP contribution < -0.4 is 5.73 Å². The van der Waals surface area contributed by atoms with Crippen molar-refractivity contribution in [2.45, 2.75) is 12.5 Å². The summed E-state index contributed by atoms with van der Waals surface area (Å²) in [5.41, 5.74) is 7.83. The molecular formula is C13H13N5S. The number of para-hydroxylation sites is 1. The third-order valence-corrected chi connectivity index (χ3v) is 3.56. The van der Waals surface area contributed by atoms with Gasteiger partial charge < -0.3 is 5.73 Å². The molecule has 0 aliphatic rings. The highest BCUT2D eigenvalue weighted by molar-refractivity contribution is 7.09. The molecule has 0 amide bonds. The van der Waals surface area contributed by atoms with Crippen molar-refractivity contribution in [3.63, 3.8) is 0 Å². The molecule has 0 radical (unpaired) electrons. The van der Waals surface area contributed by atoms with Crippen molar-refractivity contribution in [1.29, 1.82) is 0 Å². The molecule has 0 spiro atoms. The molecule has 3 rings (SSSR count). The third kappa shape index (κ3) is 2.69. The van der Waals surface area contributed by atoms with E-state index in [0.29, 0.717) is 6.42 Å². The Kier molecular flexibility index (Phi) is 3.35. The third-order valence-electron chi connectivity index (χ3n) is 2.75. The van der Waals surface area contributed by atoms with Crippen molar-refractivity contribution in [3.05, 3.63) is 58.8 Å². The summed E-state index contributed by atoms with van der Waals surface area (Å²) in [6, 6.07) is 9.60. The van der Waals surface area contributed by atoms with Crippen LogP contribution in [0, 0.1) is 0 Å². The van der Waals surface area contributed by atoms with Crippen LogP contribution in [0.2, 0.25) is 0 Å². The molecule has 19 heavy (non-hydrogen) atoms. The molecule has 2 heterocycles. The molecule has 96 valence electrons. The fraction of sp³-hybridized carbons (Fsp3) is 0.154. The molecule has 3 aromatic rings. The summed E-state index contributed by atoms with van der Waals surface area (Å²) in [6.07, 6.45) is 4.18. The first kappa shape index (κ1) is 12.0. The largest absolute Gasteiger partial charge is 0.322 e. The van der Waals surface area contributed by atoms with E-state index in [1.54, 1.807) is 28.5 Å². The molecule has 0 saturated heterocycles. The molecule has 1 atom stereocenters. The lowest BCUT2D eigenvalue weighted by Gasteiger charge is -2.05. The van der Waals surface area contributed by atoms with Crippen LogP contribution in [0.3, 0.4) is 0 Å². The van der Waals surface area contributed by atoms with Crippen molar-refractivity contribution in [1.82, 2.24) is 20.0 Å². The zero-order valence-electron chi connectivity index (χ0n) is 10.2. The molecule has 0 saturated carbocycles. The summed E-state index contributed by atoms with van der Waals surface area (Å²) in [6.45, 7) is 0. The summed E-state index contributed by atoms with van der Waals surface area (Å²) in [5.74, 6) is 0. The second kappa shape index (κ2) is 5.29. The molecule has 5 nitrogen and oxygen atoms in total. The predicted molar refractivity (Wildman–Crippen MR) is 74.1 cm³/mol. The van der Waals surface area contributed by atoms with E-state index in [1.807, 2.05) is 35.7 Å². The highest BCUT2D eigenvalue weighted by atomic mass is 32.1. The van der Waals surface area contributed by atoms with Crippen molar-refractivity contribution in [3.8, 4) is 5.69 Å². The van der Waals surface area contributed by atoms with Crippen molar-refractivity contribution in [2.75, 3.05) is 0 Å². The first-order valence-corrected chi connectivity index (χ1v) is 6.82. The lowest BCUT2D eigenvalue weighted by Crippen LogP contribution is -2.14. The molecule has 0 bridgehead atoms. The van der Waals surface area contributed by atoms with Gasteiger partial charge in [-0.3, -0.25) is 0 Å². The normalized spacial score (nSPS) is 12.5. The molecular weight excluding hydrogens is 258 g/mol. The Morgan fingerprint density at radius 3 is 2.84 bits per heavy atom. The smallest absolute Gasteiger partial charge is 0.100 e. The van der Waals surface area contributed by atoms with E-state index >= 15 is 0 Å². The number of benzene rings is 1. The summed E-state index contributed by atoms with van der Waals surface area (Å²) in [4.78, 5) is 5.82. The quantitative estimate of drug-likeness (QED) is 0.787. The van der Waals surface area contributed by atoms with Gasteiger partial charge in [-0.05, 0) is 12.1 Å². The van der Waals surface area contributed by atoms with Gasteiger partial charge in [-0.25, -0.2) is 4.98 Å². The maximum Gasteiger partial charge on any atom is 0.100 e. The molecule has 2 N–H and O–H groups in total. The van der Waals surface area contributed by atoms with Crippen LogP contribution in [-0.4, -0.2) is 20.0 Å². The Morgan fingerprint density at radius 1 is 1.26 bits per heavy atom. The minimum atomic E-state index is -0.177. The first-order valence-electron chi connectivity index (χ1n) is 5.94. The molecule has 0 aliphatic heterocycles. The highest BCUT2D eigenvalue weighted by Crippen LogP contribution is 2.16. The highest BCUT2D eigenvalue weighted by Gasteiger charge is 2.13. The van der Waals surface area contributed by atoms with Crippen LogP contribution in [-0.2, 0) is 6.42 Å². The second-order valence-electron chi connectivity index (χ2n) is 4.13. The minimum absolute atomic E-state index is 0.177. The number of rotatable bonds is 4. The van der Waals surface area contributed by atoms with Gasteiger partial charge >= 0.3 is 0 Å². The number of thiazole rings is 1. The van der Waals surface area contributed by atoms with Gasteiger partial charge in [0.15, 0.2) is 0 Å².